The van der Waals surface area contributed by atoms with E-state index >= 15 is 0 Å². The van der Waals surface area contributed by atoms with E-state index in [1.54, 1.807) is 31.4 Å². The number of fused-ring (bicyclic) bond motifs is 2. The third kappa shape index (κ3) is 2.87. The largest absolute Gasteiger partial charge is 0.497 e. The Labute approximate surface area is 151 Å². The summed E-state index contributed by atoms with van der Waals surface area (Å²) in [6, 6.07) is 6.33. The lowest BCUT2D eigenvalue weighted by atomic mass is 9.92. The van der Waals surface area contributed by atoms with Gasteiger partial charge in [0.25, 0.3) is 0 Å². The van der Waals surface area contributed by atoms with E-state index in [2.05, 4.69) is 10.3 Å². The second kappa shape index (κ2) is 6.55. The van der Waals surface area contributed by atoms with Crippen LogP contribution in [0.1, 0.15) is 25.7 Å². The molecule has 7 nitrogen and oxygen atoms in total. The number of carbonyl (C=O) groups is 3. The maximum Gasteiger partial charge on any atom is 0.331 e. The van der Waals surface area contributed by atoms with Crippen molar-refractivity contribution in [2.75, 3.05) is 7.11 Å². The van der Waals surface area contributed by atoms with Gasteiger partial charge < -0.3 is 4.74 Å². The monoisotopic (exact) mass is 355 g/mol. The highest BCUT2D eigenvalue weighted by Gasteiger charge is 2.50. The van der Waals surface area contributed by atoms with Gasteiger partial charge in [0.2, 0.25) is 11.8 Å². The van der Waals surface area contributed by atoms with Gasteiger partial charge in [-0.25, -0.2) is 4.79 Å². The zero-order valence-electron chi connectivity index (χ0n) is 14.6. The zero-order valence-corrected chi connectivity index (χ0v) is 14.6. The quantitative estimate of drug-likeness (QED) is 0.663. The van der Waals surface area contributed by atoms with Crippen molar-refractivity contribution in [3.8, 4) is 5.75 Å². The molecule has 0 aromatic heterocycles. The molecule has 1 aromatic carbocycles. The number of benzene rings is 1. The molecule has 4 amide bonds. The Morgan fingerprint density at radius 2 is 2.08 bits per heavy atom. The molecule has 0 radical (unpaired) electrons. The fourth-order valence-corrected chi connectivity index (χ4v) is 4.43. The summed E-state index contributed by atoms with van der Waals surface area (Å²) in [5.74, 6) is -0.587. The van der Waals surface area contributed by atoms with Gasteiger partial charge >= 0.3 is 6.03 Å². The Balaban J connectivity index is 1.55. The minimum absolute atomic E-state index is 0.0953. The average molecular weight is 355 g/mol. The lowest BCUT2D eigenvalue weighted by Crippen LogP contribution is -2.62. The van der Waals surface area contributed by atoms with Crippen LogP contribution in [0.25, 0.3) is 0 Å². The summed E-state index contributed by atoms with van der Waals surface area (Å²) in [5.41, 5.74) is 0.577. The highest BCUT2D eigenvalue weighted by atomic mass is 16.5. The van der Waals surface area contributed by atoms with Crippen molar-refractivity contribution in [2.45, 2.75) is 31.7 Å². The summed E-state index contributed by atoms with van der Waals surface area (Å²) < 4.78 is 5.14. The Morgan fingerprint density at radius 3 is 2.77 bits per heavy atom. The molecular weight excluding hydrogens is 334 g/mol. The molecule has 4 rings (SSSR count). The van der Waals surface area contributed by atoms with E-state index in [9.17, 15) is 14.4 Å². The van der Waals surface area contributed by atoms with E-state index in [1.807, 2.05) is 0 Å². The van der Waals surface area contributed by atoms with Crippen LogP contribution in [0, 0.1) is 17.8 Å². The molecule has 7 heteroatoms. The lowest BCUT2D eigenvalue weighted by molar-refractivity contribution is -0.141. The maximum atomic E-state index is 12.9. The topological polar surface area (TPSA) is 88.1 Å². The second-order valence-corrected chi connectivity index (χ2v) is 7.20. The molecule has 0 unspecified atom stereocenters. The first-order valence-corrected chi connectivity index (χ1v) is 8.93. The normalized spacial score (nSPS) is 31.0. The number of barbiturate groups is 1. The summed E-state index contributed by atoms with van der Waals surface area (Å²) in [6.45, 7) is 0. The second-order valence-electron chi connectivity index (χ2n) is 7.20. The molecule has 2 saturated carbocycles. The number of nitrogens with zero attached hydrogens (tertiary/aromatic N) is 2. The molecular formula is C19H21N3O4. The van der Waals surface area contributed by atoms with E-state index in [0.29, 0.717) is 23.3 Å². The number of amides is 4. The van der Waals surface area contributed by atoms with Crippen molar-refractivity contribution >= 4 is 29.7 Å². The lowest BCUT2D eigenvalue weighted by Gasteiger charge is -2.36. The summed E-state index contributed by atoms with van der Waals surface area (Å²) in [7, 11) is 1.56. The number of urea groups is 1. The average Bonchev–Trinajstić information content (AvgIpc) is 3.25. The minimum atomic E-state index is -1.09. The predicted octanol–water partition coefficient (Wildman–Crippen LogP) is 2.28. The third-order valence-corrected chi connectivity index (χ3v) is 5.69. The SMILES string of the molecule is COc1cccc(N=C[C@H]2C(=O)NC(=O)N([C@H]3C[C@H]4CC[C@H]3C4)C2=O)c1. The predicted molar refractivity (Wildman–Crippen MR) is 94.3 cm³/mol. The molecule has 3 fully saturated rings. The van der Waals surface area contributed by atoms with Crippen molar-refractivity contribution in [3.05, 3.63) is 24.3 Å². The van der Waals surface area contributed by atoms with E-state index in [4.69, 9.17) is 4.74 Å². The molecule has 136 valence electrons. The molecule has 1 aromatic rings. The van der Waals surface area contributed by atoms with Gasteiger partial charge in [0, 0.05) is 18.3 Å². The minimum Gasteiger partial charge on any atom is -0.497 e. The van der Waals surface area contributed by atoms with Gasteiger partial charge in [-0.05, 0) is 43.2 Å². The molecule has 1 N–H and O–H groups in total. The van der Waals surface area contributed by atoms with Crippen molar-refractivity contribution in [2.24, 2.45) is 22.7 Å². The number of hydrogen-bond donors (Lipinski definition) is 1. The van der Waals surface area contributed by atoms with E-state index in [-0.39, 0.29) is 6.04 Å². The Hall–Kier alpha value is -2.70. The van der Waals surface area contributed by atoms with Crippen molar-refractivity contribution in [1.29, 1.82) is 0 Å². The molecule has 4 atom stereocenters. The van der Waals surface area contributed by atoms with Crippen LogP contribution >= 0.6 is 0 Å². The van der Waals surface area contributed by atoms with Crippen molar-refractivity contribution in [3.63, 3.8) is 0 Å². The van der Waals surface area contributed by atoms with Gasteiger partial charge in [-0.2, -0.15) is 0 Å². The summed E-state index contributed by atoms with van der Waals surface area (Å²) in [6.07, 6.45) is 5.45. The highest BCUT2D eigenvalue weighted by molar-refractivity contribution is 6.23. The van der Waals surface area contributed by atoms with Gasteiger partial charge in [0.05, 0.1) is 12.8 Å². The van der Waals surface area contributed by atoms with Crippen LogP contribution in [0.4, 0.5) is 10.5 Å². The standard InChI is InChI=1S/C19H21N3O4/c1-26-14-4-2-3-13(9-14)20-10-15-17(23)21-19(25)22(18(15)24)16-8-11-5-6-12(16)7-11/h2-4,9-12,15-16H,5-8H2,1H3,(H,21,23,25)/t11-,12-,15-,16-/m0/s1. The molecule has 0 spiro atoms. The fourth-order valence-electron chi connectivity index (χ4n) is 4.43. The van der Waals surface area contributed by atoms with Gasteiger partial charge in [-0.15, -0.1) is 0 Å². The molecule has 26 heavy (non-hydrogen) atoms. The first-order valence-electron chi connectivity index (χ1n) is 8.93. The van der Waals surface area contributed by atoms with Crippen LogP contribution in [0.3, 0.4) is 0 Å². The first-order chi connectivity index (χ1) is 12.6. The number of methoxy groups -OCH3 is 1. The van der Waals surface area contributed by atoms with Crippen LogP contribution in [0.5, 0.6) is 5.75 Å². The van der Waals surface area contributed by atoms with Gasteiger partial charge in [0.15, 0.2) is 5.92 Å². The number of nitrogens with one attached hydrogen (secondary N) is 1. The molecule has 1 aliphatic heterocycles. The molecule has 2 aliphatic carbocycles. The number of aliphatic imine (C=N–C) groups is 1. The van der Waals surface area contributed by atoms with E-state index in [0.717, 1.165) is 19.3 Å². The number of imide groups is 2. The third-order valence-electron chi connectivity index (χ3n) is 5.69. The van der Waals surface area contributed by atoms with Crippen LogP contribution in [-0.4, -0.2) is 42.1 Å². The fraction of sp³-hybridized carbons (Fsp3) is 0.474. The number of hydrogen-bond acceptors (Lipinski definition) is 5. The van der Waals surface area contributed by atoms with Gasteiger partial charge in [-0.1, -0.05) is 12.5 Å². The van der Waals surface area contributed by atoms with Gasteiger partial charge in [-0.3, -0.25) is 24.8 Å². The number of ether oxygens (including phenoxy) is 1. The molecule has 1 saturated heterocycles. The smallest absolute Gasteiger partial charge is 0.331 e. The molecule has 3 aliphatic rings. The summed E-state index contributed by atoms with van der Waals surface area (Å²) in [4.78, 5) is 42.9. The Morgan fingerprint density at radius 1 is 1.23 bits per heavy atom. The van der Waals surface area contributed by atoms with Crippen LogP contribution in [0.2, 0.25) is 0 Å². The van der Waals surface area contributed by atoms with E-state index in [1.165, 1.54) is 17.5 Å². The zero-order chi connectivity index (χ0) is 18.3. The Bertz CT molecular complexity index is 791. The molecule has 2 bridgehead atoms. The number of rotatable bonds is 4. The van der Waals surface area contributed by atoms with Crippen molar-refractivity contribution < 1.29 is 19.1 Å². The van der Waals surface area contributed by atoms with Crippen LogP contribution in [0.15, 0.2) is 29.3 Å². The Kier molecular flexibility index (Phi) is 4.22. The molecule has 1 heterocycles. The highest BCUT2D eigenvalue weighted by Crippen LogP contribution is 2.47. The van der Waals surface area contributed by atoms with E-state index < -0.39 is 23.8 Å². The summed E-state index contributed by atoms with van der Waals surface area (Å²) >= 11 is 0. The van der Waals surface area contributed by atoms with Crippen LogP contribution < -0.4 is 10.1 Å². The van der Waals surface area contributed by atoms with Gasteiger partial charge in [0.1, 0.15) is 5.75 Å². The number of carbonyl (C=O) groups excluding carboxylic acids is 3. The van der Waals surface area contributed by atoms with Crippen LogP contribution in [-0.2, 0) is 9.59 Å². The van der Waals surface area contributed by atoms with Crippen molar-refractivity contribution in [1.82, 2.24) is 10.2 Å². The maximum absolute atomic E-state index is 12.9. The summed E-state index contributed by atoms with van der Waals surface area (Å²) in [5, 5.41) is 2.32. The first kappa shape index (κ1) is 16.8.